The first-order valence-corrected chi connectivity index (χ1v) is 9.38. The van der Waals surface area contributed by atoms with Gasteiger partial charge in [0.05, 0.1) is 5.92 Å². The number of carbonyl (C=O) groups is 2. The predicted octanol–water partition coefficient (Wildman–Crippen LogP) is 2.75. The molecule has 0 radical (unpaired) electrons. The van der Waals surface area contributed by atoms with Gasteiger partial charge in [-0.15, -0.1) is 0 Å². The molecule has 0 saturated heterocycles. The van der Waals surface area contributed by atoms with E-state index >= 15 is 0 Å². The van der Waals surface area contributed by atoms with Crippen LogP contribution >= 0.6 is 0 Å². The minimum Gasteiger partial charge on any atom is -0.481 e. The molecule has 3 N–H and O–H groups in total. The van der Waals surface area contributed by atoms with E-state index in [-0.39, 0.29) is 18.0 Å². The van der Waals surface area contributed by atoms with Crippen LogP contribution < -0.4 is 10.6 Å². The first kappa shape index (κ1) is 15.3. The van der Waals surface area contributed by atoms with Crippen molar-refractivity contribution in [2.45, 2.75) is 69.9 Å². The Morgan fingerprint density at radius 1 is 0.783 bits per heavy atom. The van der Waals surface area contributed by atoms with Crippen LogP contribution in [0.4, 0.5) is 4.79 Å². The quantitative estimate of drug-likeness (QED) is 0.748. The van der Waals surface area contributed by atoms with Crippen molar-refractivity contribution in [3.8, 4) is 0 Å². The van der Waals surface area contributed by atoms with Crippen LogP contribution in [0.15, 0.2) is 0 Å². The lowest BCUT2D eigenvalue weighted by molar-refractivity contribution is -0.142. The Morgan fingerprint density at radius 2 is 1.35 bits per heavy atom. The van der Waals surface area contributed by atoms with Gasteiger partial charge in [0.2, 0.25) is 0 Å². The zero-order valence-electron chi connectivity index (χ0n) is 13.7. The molecule has 0 aromatic rings. The highest BCUT2D eigenvalue weighted by Crippen LogP contribution is 2.53. The number of carbonyl (C=O) groups excluding carboxylic acids is 1. The smallest absolute Gasteiger partial charge is 0.315 e. The molecule has 0 aliphatic heterocycles. The molecule has 0 unspecified atom stereocenters. The third-order valence-corrected chi connectivity index (χ3v) is 6.94. The highest BCUT2D eigenvalue weighted by molar-refractivity contribution is 5.75. The van der Waals surface area contributed by atoms with Crippen LogP contribution in [0.1, 0.15) is 57.8 Å². The van der Waals surface area contributed by atoms with E-state index in [1.807, 2.05) is 0 Å². The second kappa shape index (κ2) is 5.99. The minimum atomic E-state index is -0.693. The van der Waals surface area contributed by atoms with E-state index in [9.17, 15) is 9.59 Å². The fourth-order valence-electron chi connectivity index (χ4n) is 6.02. The van der Waals surface area contributed by atoms with Crippen LogP contribution in [0.25, 0.3) is 0 Å². The molecule has 0 spiro atoms. The van der Waals surface area contributed by atoms with Gasteiger partial charge in [0.25, 0.3) is 0 Å². The third-order valence-electron chi connectivity index (χ3n) is 6.94. The van der Waals surface area contributed by atoms with Crippen LogP contribution in [0, 0.1) is 29.6 Å². The Hall–Kier alpha value is -1.26. The van der Waals surface area contributed by atoms with Gasteiger partial charge in [0.15, 0.2) is 0 Å². The van der Waals surface area contributed by atoms with E-state index in [0.717, 1.165) is 24.7 Å². The molecule has 0 aromatic carbocycles. The fraction of sp³-hybridized carbons (Fsp3) is 0.889. The van der Waals surface area contributed by atoms with Gasteiger partial charge in [0, 0.05) is 12.1 Å². The van der Waals surface area contributed by atoms with Crippen LogP contribution in [-0.4, -0.2) is 29.2 Å². The van der Waals surface area contributed by atoms with Crippen LogP contribution in [0.5, 0.6) is 0 Å². The Morgan fingerprint density at radius 3 is 1.87 bits per heavy atom. The molecule has 128 valence electrons. The van der Waals surface area contributed by atoms with E-state index in [0.29, 0.717) is 30.7 Å². The van der Waals surface area contributed by atoms with Crippen molar-refractivity contribution in [2.24, 2.45) is 29.6 Å². The Labute approximate surface area is 137 Å². The second-order valence-electron chi connectivity index (χ2n) is 8.46. The maximum atomic E-state index is 12.4. The molecule has 5 rings (SSSR count). The van der Waals surface area contributed by atoms with E-state index in [1.54, 1.807) is 0 Å². The number of hydrogen-bond acceptors (Lipinski definition) is 2. The lowest BCUT2D eigenvalue weighted by atomic mass is 9.54. The van der Waals surface area contributed by atoms with Crippen LogP contribution in [0.3, 0.4) is 0 Å². The molecule has 23 heavy (non-hydrogen) atoms. The van der Waals surface area contributed by atoms with Gasteiger partial charge in [-0.2, -0.15) is 0 Å². The van der Waals surface area contributed by atoms with E-state index in [4.69, 9.17) is 5.11 Å². The standard InChI is InChI=1S/C18H28N2O3/c21-17(22)12-1-3-15(4-2-12)19-18(23)20-16-13-6-10-5-11(8-13)9-14(16)7-10/h10-16H,1-9H2,(H,21,22)(H2,19,20,23). The van der Waals surface area contributed by atoms with Gasteiger partial charge in [-0.1, -0.05) is 0 Å². The van der Waals surface area contributed by atoms with Gasteiger partial charge in [-0.3, -0.25) is 4.79 Å². The predicted molar refractivity (Wildman–Crippen MR) is 85.9 cm³/mol. The maximum Gasteiger partial charge on any atom is 0.315 e. The SMILES string of the molecule is O=C(NC1CCC(C(=O)O)CC1)NC1C2CC3CC(C2)CC1C3. The van der Waals surface area contributed by atoms with E-state index < -0.39 is 5.97 Å². The molecule has 0 aromatic heterocycles. The van der Waals surface area contributed by atoms with Crippen LogP contribution in [-0.2, 0) is 4.79 Å². The minimum absolute atomic E-state index is 0.0266. The summed E-state index contributed by atoms with van der Waals surface area (Å²) in [5, 5.41) is 15.4. The summed E-state index contributed by atoms with van der Waals surface area (Å²) in [5.41, 5.74) is 0. The first-order chi connectivity index (χ1) is 11.1. The molecule has 5 heteroatoms. The first-order valence-electron chi connectivity index (χ1n) is 9.38. The van der Waals surface area contributed by atoms with Crippen molar-refractivity contribution in [1.29, 1.82) is 0 Å². The fourth-order valence-corrected chi connectivity index (χ4v) is 6.02. The summed E-state index contributed by atoms with van der Waals surface area (Å²) < 4.78 is 0. The molecular weight excluding hydrogens is 292 g/mol. The molecule has 5 saturated carbocycles. The third kappa shape index (κ3) is 3.07. The van der Waals surface area contributed by atoms with Crippen molar-refractivity contribution in [3.63, 3.8) is 0 Å². The van der Waals surface area contributed by atoms with E-state index in [1.165, 1.54) is 32.1 Å². The molecule has 4 bridgehead atoms. The zero-order valence-corrected chi connectivity index (χ0v) is 13.7. The highest BCUT2D eigenvalue weighted by Gasteiger charge is 2.48. The van der Waals surface area contributed by atoms with Crippen molar-refractivity contribution >= 4 is 12.0 Å². The molecule has 5 fully saturated rings. The van der Waals surface area contributed by atoms with Crippen molar-refractivity contribution in [2.75, 3.05) is 0 Å². The topological polar surface area (TPSA) is 78.4 Å². The number of carboxylic acids is 1. The van der Waals surface area contributed by atoms with Crippen molar-refractivity contribution in [3.05, 3.63) is 0 Å². The average Bonchev–Trinajstić information content (AvgIpc) is 2.50. The summed E-state index contributed by atoms with van der Waals surface area (Å²) in [6.45, 7) is 0. The van der Waals surface area contributed by atoms with Gasteiger partial charge < -0.3 is 15.7 Å². The van der Waals surface area contributed by atoms with Crippen molar-refractivity contribution in [1.82, 2.24) is 10.6 Å². The number of urea groups is 1. The van der Waals surface area contributed by atoms with E-state index in [2.05, 4.69) is 10.6 Å². The summed E-state index contributed by atoms with van der Waals surface area (Å²) in [6.07, 6.45) is 9.58. The molecule has 5 nitrogen and oxygen atoms in total. The molecule has 0 atom stereocenters. The van der Waals surface area contributed by atoms with Gasteiger partial charge in [-0.25, -0.2) is 4.79 Å². The molecule has 2 amide bonds. The highest BCUT2D eigenvalue weighted by atomic mass is 16.4. The number of carboxylic acid groups (broad SMARTS) is 1. The number of rotatable bonds is 3. The molecule has 5 aliphatic carbocycles. The summed E-state index contributed by atoms with van der Waals surface area (Å²) in [6, 6.07) is 0.488. The monoisotopic (exact) mass is 320 g/mol. The molecule has 0 heterocycles. The lowest BCUT2D eigenvalue weighted by Crippen LogP contribution is -2.58. The summed E-state index contributed by atoms with van der Waals surface area (Å²) in [7, 11) is 0. The Bertz CT molecular complexity index is 457. The lowest BCUT2D eigenvalue weighted by Gasteiger charge is -2.54. The number of aliphatic carboxylic acids is 1. The molecular formula is C18H28N2O3. The number of nitrogens with one attached hydrogen (secondary N) is 2. The average molecular weight is 320 g/mol. The van der Waals surface area contributed by atoms with Crippen LogP contribution in [0.2, 0.25) is 0 Å². The summed E-state index contributed by atoms with van der Waals surface area (Å²) in [5.74, 6) is 2.32. The maximum absolute atomic E-state index is 12.4. The number of amides is 2. The summed E-state index contributed by atoms with van der Waals surface area (Å²) in [4.78, 5) is 23.4. The Kier molecular flexibility index (Phi) is 3.98. The van der Waals surface area contributed by atoms with Gasteiger partial charge in [-0.05, 0) is 81.5 Å². The Balaban J connectivity index is 1.27. The van der Waals surface area contributed by atoms with Gasteiger partial charge >= 0.3 is 12.0 Å². The largest absolute Gasteiger partial charge is 0.481 e. The van der Waals surface area contributed by atoms with Crippen molar-refractivity contribution < 1.29 is 14.7 Å². The molecule has 5 aliphatic rings. The second-order valence-corrected chi connectivity index (χ2v) is 8.46. The number of hydrogen-bond donors (Lipinski definition) is 3. The normalized spacial score (nSPS) is 44.8. The van der Waals surface area contributed by atoms with Gasteiger partial charge in [0.1, 0.15) is 0 Å². The zero-order chi connectivity index (χ0) is 16.0. The summed E-state index contributed by atoms with van der Waals surface area (Å²) >= 11 is 0.